The summed E-state index contributed by atoms with van der Waals surface area (Å²) in [7, 11) is 0. The van der Waals surface area contributed by atoms with Gasteiger partial charge in [-0.2, -0.15) is 5.10 Å². The van der Waals surface area contributed by atoms with Gasteiger partial charge in [-0.05, 0) is 37.7 Å². The number of rotatable bonds is 4. The van der Waals surface area contributed by atoms with E-state index in [0.717, 1.165) is 31.4 Å². The maximum atomic E-state index is 10.8. The van der Waals surface area contributed by atoms with E-state index in [1.165, 1.54) is 0 Å². The number of aryl methyl sites for hydroxylation is 1. The maximum Gasteiger partial charge on any atom is 0.306 e. The predicted octanol–water partition coefficient (Wildman–Crippen LogP) is 1.56. The number of carboxylic acid groups (broad SMARTS) is 1. The molecular formula is C11H16N2O2. The Bertz CT molecular complexity index is 359. The molecule has 1 heterocycles. The maximum absolute atomic E-state index is 10.8. The summed E-state index contributed by atoms with van der Waals surface area (Å²) in [4.78, 5) is 10.8. The third-order valence-corrected chi connectivity index (χ3v) is 3.24. The van der Waals surface area contributed by atoms with Crippen LogP contribution in [0.4, 0.5) is 0 Å². The van der Waals surface area contributed by atoms with Crippen molar-refractivity contribution in [2.24, 2.45) is 11.8 Å². The molecule has 2 unspecified atom stereocenters. The number of aliphatic carboxylic acids is 1. The molecule has 1 aromatic heterocycles. The van der Waals surface area contributed by atoms with Crippen LogP contribution in [0.3, 0.4) is 0 Å². The Kier molecular flexibility index (Phi) is 2.75. The highest BCUT2D eigenvalue weighted by Crippen LogP contribution is 2.36. The summed E-state index contributed by atoms with van der Waals surface area (Å²) in [6.45, 7) is 2.91. The lowest BCUT2D eigenvalue weighted by molar-refractivity contribution is -0.147. The Balaban J connectivity index is 1.94. The van der Waals surface area contributed by atoms with Crippen molar-refractivity contribution in [3.63, 3.8) is 0 Å². The van der Waals surface area contributed by atoms with Crippen LogP contribution in [0.25, 0.3) is 0 Å². The monoisotopic (exact) mass is 208 g/mol. The molecule has 1 saturated carbocycles. The van der Waals surface area contributed by atoms with Crippen LogP contribution in [0.15, 0.2) is 12.4 Å². The second-order valence-corrected chi connectivity index (χ2v) is 4.19. The second-order valence-electron chi connectivity index (χ2n) is 4.19. The molecule has 15 heavy (non-hydrogen) atoms. The van der Waals surface area contributed by atoms with Crippen LogP contribution in [0.5, 0.6) is 0 Å². The standard InChI is InChI=1S/C11H16N2O2/c1-2-13-7-8(6-12-13)5-9-3-4-10(9)11(14)15/h6-7,9-10H,2-5H2,1H3,(H,14,15). The van der Waals surface area contributed by atoms with Crippen molar-refractivity contribution in [1.29, 1.82) is 0 Å². The first-order valence-electron chi connectivity index (χ1n) is 5.45. The van der Waals surface area contributed by atoms with E-state index in [-0.39, 0.29) is 5.92 Å². The third kappa shape index (κ3) is 2.03. The first-order chi connectivity index (χ1) is 7.20. The zero-order valence-electron chi connectivity index (χ0n) is 8.89. The lowest BCUT2D eigenvalue weighted by atomic mass is 9.71. The molecule has 0 saturated heterocycles. The second kappa shape index (κ2) is 4.04. The number of hydrogen-bond donors (Lipinski definition) is 1. The smallest absolute Gasteiger partial charge is 0.306 e. The van der Waals surface area contributed by atoms with Gasteiger partial charge in [0.1, 0.15) is 0 Å². The van der Waals surface area contributed by atoms with Crippen molar-refractivity contribution < 1.29 is 9.90 Å². The molecule has 0 amide bonds. The minimum atomic E-state index is -0.644. The SMILES string of the molecule is CCn1cc(CC2CCC2C(=O)O)cn1. The molecule has 2 atom stereocenters. The molecule has 4 nitrogen and oxygen atoms in total. The predicted molar refractivity (Wildman–Crippen MR) is 55.5 cm³/mol. The van der Waals surface area contributed by atoms with Gasteiger partial charge in [0.2, 0.25) is 0 Å². The highest BCUT2D eigenvalue weighted by atomic mass is 16.4. The van der Waals surface area contributed by atoms with E-state index in [1.807, 2.05) is 24.0 Å². The highest BCUT2D eigenvalue weighted by Gasteiger charge is 2.36. The van der Waals surface area contributed by atoms with Gasteiger partial charge >= 0.3 is 5.97 Å². The van der Waals surface area contributed by atoms with Crippen LogP contribution in [0, 0.1) is 11.8 Å². The Morgan fingerprint density at radius 3 is 2.93 bits per heavy atom. The van der Waals surface area contributed by atoms with E-state index in [9.17, 15) is 4.79 Å². The normalized spacial score (nSPS) is 24.9. The highest BCUT2D eigenvalue weighted by molar-refractivity contribution is 5.71. The molecule has 1 aromatic rings. The van der Waals surface area contributed by atoms with Gasteiger partial charge in [0.05, 0.1) is 12.1 Å². The van der Waals surface area contributed by atoms with Gasteiger partial charge in [-0.25, -0.2) is 0 Å². The fourth-order valence-corrected chi connectivity index (χ4v) is 2.13. The number of hydrogen-bond acceptors (Lipinski definition) is 2. The van der Waals surface area contributed by atoms with Crippen LogP contribution in [-0.4, -0.2) is 20.9 Å². The average molecular weight is 208 g/mol. The largest absolute Gasteiger partial charge is 0.481 e. The molecule has 4 heteroatoms. The minimum absolute atomic E-state index is 0.130. The fraction of sp³-hybridized carbons (Fsp3) is 0.636. The van der Waals surface area contributed by atoms with Gasteiger partial charge in [-0.15, -0.1) is 0 Å². The molecule has 0 bridgehead atoms. The molecule has 82 valence electrons. The minimum Gasteiger partial charge on any atom is -0.481 e. The van der Waals surface area contributed by atoms with E-state index in [1.54, 1.807) is 0 Å². The van der Waals surface area contributed by atoms with Gasteiger partial charge in [-0.1, -0.05) is 0 Å². The van der Waals surface area contributed by atoms with Crippen LogP contribution >= 0.6 is 0 Å². The van der Waals surface area contributed by atoms with Crippen molar-refractivity contribution >= 4 is 5.97 Å². The Hall–Kier alpha value is -1.32. The van der Waals surface area contributed by atoms with E-state index < -0.39 is 5.97 Å². The third-order valence-electron chi connectivity index (χ3n) is 3.24. The van der Waals surface area contributed by atoms with Gasteiger partial charge < -0.3 is 5.11 Å². The summed E-state index contributed by atoms with van der Waals surface area (Å²) in [5.41, 5.74) is 1.16. The fourth-order valence-electron chi connectivity index (χ4n) is 2.13. The molecule has 1 aliphatic rings. The van der Waals surface area contributed by atoms with E-state index in [0.29, 0.717) is 5.92 Å². The number of carbonyl (C=O) groups is 1. The molecule has 2 rings (SSSR count). The zero-order valence-corrected chi connectivity index (χ0v) is 8.89. The molecule has 0 aliphatic heterocycles. The Morgan fingerprint density at radius 1 is 1.67 bits per heavy atom. The van der Waals surface area contributed by atoms with Crippen molar-refractivity contribution in [2.45, 2.75) is 32.7 Å². The topological polar surface area (TPSA) is 55.1 Å². The number of carboxylic acids is 1. The Labute approximate surface area is 88.9 Å². The summed E-state index contributed by atoms with van der Waals surface area (Å²) in [5, 5.41) is 13.1. The lowest BCUT2D eigenvalue weighted by Crippen LogP contribution is -2.34. The van der Waals surface area contributed by atoms with Gasteiger partial charge in [0, 0.05) is 12.7 Å². The quantitative estimate of drug-likeness (QED) is 0.816. The Morgan fingerprint density at radius 2 is 2.47 bits per heavy atom. The van der Waals surface area contributed by atoms with Gasteiger partial charge in [0.15, 0.2) is 0 Å². The zero-order chi connectivity index (χ0) is 10.8. The molecule has 1 fully saturated rings. The number of nitrogens with zero attached hydrogens (tertiary/aromatic N) is 2. The summed E-state index contributed by atoms with van der Waals surface area (Å²) >= 11 is 0. The molecule has 0 spiro atoms. The van der Waals surface area contributed by atoms with Crippen LogP contribution in [0.2, 0.25) is 0 Å². The average Bonchev–Trinajstić information content (AvgIpc) is 2.59. The summed E-state index contributed by atoms with van der Waals surface area (Å²) < 4.78 is 1.88. The molecule has 1 aliphatic carbocycles. The van der Waals surface area contributed by atoms with Gasteiger partial charge in [-0.3, -0.25) is 9.48 Å². The summed E-state index contributed by atoms with van der Waals surface area (Å²) in [5.74, 6) is -0.457. The van der Waals surface area contributed by atoms with Crippen LogP contribution in [-0.2, 0) is 17.8 Å². The van der Waals surface area contributed by atoms with Crippen LogP contribution < -0.4 is 0 Å². The van der Waals surface area contributed by atoms with Gasteiger partial charge in [0.25, 0.3) is 0 Å². The van der Waals surface area contributed by atoms with E-state index in [4.69, 9.17) is 5.11 Å². The first kappa shape index (κ1) is 10.2. The molecule has 1 N–H and O–H groups in total. The molecule has 0 aromatic carbocycles. The van der Waals surface area contributed by atoms with E-state index >= 15 is 0 Å². The summed E-state index contributed by atoms with van der Waals surface area (Å²) in [6, 6.07) is 0. The lowest BCUT2D eigenvalue weighted by Gasteiger charge is -2.32. The summed E-state index contributed by atoms with van der Waals surface area (Å²) in [6.07, 6.45) is 6.59. The van der Waals surface area contributed by atoms with E-state index in [2.05, 4.69) is 5.10 Å². The van der Waals surface area contributed by atoms with Crippen molar-refractivity contribution in [3.05, 3.63) is 18.0 Å². The number of aromatic nitrogens is 2. The van der Waals surface area contributed by atoms with Crippen molar-refractivity contribution in [3.8, 4) is 0 Å². The van der Waals surface area contributed by atoms with Crippen molar-refractivity contribution in [2.75, 3.05) is 0 Å². The molecule has 0 radical (unpaired) electrons. The molecular weight excluding hydrogens is 192 g/mol. The first-order valence-corrected chi connectivity index (χ1v) is 5.45. The van der Waals surface area contributed by atoms with Crippen LogP contribution in [0.1, 0.15) is 25.3 Å². The van der Waals surface area contributed by atoms with Crippen molar-refractivity contribution in [1.82, 2.24) is 9.78 Å².